The standard InChI is InChI=1S/C8H4Cl2N2/c9-6-7(12-8(6)10)5-1-3-11-4-2-5/h1-4H. The van der Waals surface area contributed by atoms with Gasteiger partial charge in [-0.1, -0.05) is 23.2 Å². The third-order valence-electron chi connectivity index (χ3n) is 1.55. The Morgan fingerprint density at radius 1 is 1.08 bits per heavy atom. The summed E-state index contributed by atoms with van der Waals surface area (Å²) in [5.41, 5.74) is 1.68. The quantitative estimate of drug-likeness (QED) is 0.682. The predicted octanol–water partition coefficient (Wildman–Crippen LogP) is 2.64. The van der Waals surface area contributed by atoms with Crippen molar-refractivity contribution in [3.63, 3.8) is 0 Å². The van der Waals surface area contributed by atoms with Gasteiger partial charge in [0.05, 0.1) is 5.70 Å². The van der Waals surface area contributed by atoms with Crippen LogP contribution in [0.4, 0.5) is 0 Å². The fraction of sp³-hybridized carbons (Fsp3) is 0. The summed E-state index contributed by atoms with van der Waals surface area (Å²) in [7, 11) is 0. The zero-order chi connectivity index (χ0) is 8.55. The molecule has 0 saturated carbocycles. The second kappa shape index (κ2) is 2.88. The van der Waals surface area contributed by atoms with E-state index >= 15 is 0 Å². The Labute approximate surface area is 79.6 Å². The highest BCUT2D eigenvalue weighted by Crippen LogP contribution is 2.32. The summed E-state index contributed by atoms with van der Waals surface area (Å²) in [5, 5.41) is 0.909. The molecular formula is C8H4Cl2N2. The molecule has 2 nitrogen and oxygen atoms in total. The molecule has 2 rings (SSSR count). The molecule has 0 aromatic carbocycles. The van der Waals surface area contributed by atoms with E-state index in [-0.39, 0.29) is 0 Å². The Morgan fingerprint density at radius 3 is 2.25 bits per heavy atom. The lowest BCUT2D eigenvalue weighted by atomic mass is 10.1. The second-order valence-electron chi connectivity index (χ2n) is 2.30. The van der Waals surface area contributed by atoms with Crippen molar-refractivity contribution < 1.29 is 0 Å². The van der Waals surface area contributed by atoms with E-state index in [4.69, 9.17) is 23.2 Å². The van der Waals surface area contributed by atoms with Crippen LogP contribution in [0.25, 0.3) is 5.70 Å². The summed E-state index contributed by atoms with van der Waals surface area (Å²) >= 11 is 11.4. The molecule has 0 fully saturated rings. The van der Waals surface area contributed by atoms with Crippen LogP contribution in [0.3, 0.4) is 0 Å². The molecule has 0 saturated heterocycles. The van der Waals surface area contributed by atoms with E-state index in [1.807, 2.05) is 12.1 Å². The maximum atomic E-state index is 5.80. The molecular weight excluding hydrogens is 195 g/mol. The highest BCUT2D eigenvalue weighted by atomic mass is 35.5. The number of halogens is 2. The number of allylic oxidation sites excluding steroid dienone is 1. The van der Waals surface area contributed by atoms with Gasteiger partial charge in [-0.05, 0) is 12.1 Å². The summed E-state index contributed by atoms with van der Waals surface area (Å²) in [5.74, 6) is 0. The van der Waals surface area contributed by atoms with E-state index in [2.05, 4.69) is 9.98 Å². The summed E-state index contributed by atoms with van der Waals surface area (Å²) < 4.78 is 0. The van der Waals surface area contributed by atoms with Gasteiger partial charge in [0.25, 0.3) is 0 Å². The topological polar surface area (TPSA) is 25.2 Å². The highest BCUT2D eigenvalue weighted by molar-refractivity contribution is 6.79. The Bertz CT molecular complexity index is 368. The number of hydrogen-bond donors (Lipinski definition) is 0. The van der Waals surface area contributed by atoms with Crippen LogP contribution in [0, 0.1) is 0 Å². The molecule has 1 aromatic rings. The molecule has 0 bridgehead atoms. The zero-order valence-electron chi connectivity index (χ0n) is 5.96. The van der Waals surface area contributed by atoms with Crippen molar-refractivity contribution in [3.05, 3.63) is 35.1 Å². The normalized spacial score (nSPS) is 15.7. The van der Waals surface area contributed by atoms with Crippen LogP contribution >= 0.6 is 23.2 Å². The Hall–Kier alpha value is -0.860. The molecule has 2 heterocycles. The average Bonchev–Trinajstić information content (AvgIpc) is 2.15. The van der Waals surface area contributed by atoms with E-state index in [0.717, 1.165) is 11.3 Å². The molecule has 60 valence electrons. The largest absolute Gasteiger partial charge is 0.265 e. The first-order chi connectivity index (χ1) is 5.79. The Kier molecular flexibility index (Phi) is 1.87. The van der Waals surface area contributed by atoms with Gasteiger partial charge in [0.15, 0.2) is 5.17 Å². The number of aromatic nitrogens is 1. The summed E-state index contributed by atoms with van der Waals surface area (Å²) in [6.45, 7) is 0. The predicted molar refractivity (Wildman–Crippen MR) is 50.3 cm³/mol. The smallest absolute Gasteiger partial charge is 0.150 e. The average molecular weight is 199 g/mol. The highest BCUT2D eigenvalue weighted by Gasteiger charge is 2.19. The van der Waals surface area contributed by atoms with Gasteiger partial charge in [-0.25, -0.2) is 4.99 Å². The van der Waals surface area contributed by atoms with Crippen LogP contribution in [0.5, 0.6) is 0 Å². The fourth-order valence-corrected chi connectivity index (χ4v) is 1.31. The van der Waals surface area contributed by atoms with Gasteiger partial charge in [0.1, 0.15) is 5.03 Å². The Balaban J connectivity index is 2.36. The molecule has 0 spiro atoms. The lowest BCUT2D eigenvalue weighted by molar-refractivity contribution is 1.30. The molecule has 0 radical (unpaired) electrons. The van der Waals surface area contributed by atoms with Crippen LogP contribution in [-0.4, -0.2) is 10.2 Å². The summed E-state index contributed by atoms with van der Waals surface area (Å²) in [6, 6.07) is 3.68. The van der Waals surface area contributed by atoms with E-state index in [9.17, 15) is 0 Å². The lowest BCUT2D eigenvalue weighted by Crippen LogP contribution is -2.02. The lowest BCUT2D eigenvalue weighted by Gasteiger charge is -2.12. The summed E-state index contributed by atoms with van der Waals surface area (Å²) in [4.78, 5) is 7.86. The molecule has 1 aliphatic heterocycles. The van der Waals surface area contributed by atoms with E-state index in [1.165, 1.54) is 0 Å². The van der Waals surface area contributed by atoms with Gasteiger partial charge >= 0.3 is 0 Å². The van der Waals surface area contributed by atoms with Crippen LogP contribution in [-0.2, 0) is 0 Å². The van der Waals surface area contributed by atoms with Gasteiger partial charge in [0.2, 0.25) is 0 Å². The molecule has 1 aliphatic rings. The van der Waals surface area contributed by atoms with Crippen molar-refractivity contribution in [1.29, 1.82) is 0 Å². The number of nitrogens with zero attached hydrogens (tertiary/aromatic N) is 2. The second-order valence-corrected chi connectivity index (χ2v) is 3.04. The van der Waals surface area contributed by atoms with Crippen molar-refractivity contribution in [2.45, 2.75) is 0 Å². The van der Waals surface area contributed by atoms with Crippen molar-refractivity contribution in [3.8, 4) is 0 Å². The number of pyridine rings is 1. The maximum absolute atomic E-state index is 5.80. The van der Waals surface area contributed by atoms with Gasteiger partial charge in [-0.2, -0.15) is 0 Å². The molecule has 0 aliphatic carbocycles. The number of aliphatic imine (C=N–C) groups is 1. The first kappa shape index (κ1) is 7.77. The van der Waals surface area contributed by atoms with Crippen molar-refractivity contribution in [2.24, 2.45) is 4.99 Å². The van der Waals surface area contributed by atoms with E-state index in [0.29, 0.717) is 10.2 Å². The van der Waals surface area contributed by atoms with E-state index in [1.54, 1.807) is 12.4 Å². The van der Waals surface area contributed by atoms with Gasteiger partial charge < -0.3 is 0 Å². The van der Waals surface area contributed by atoms with Crippen LogP contribution in [0.15, 0.2) is 34.6 Å². The molecule has 12 heavy (non-hydrogen) atoms. The minimum Gasteiger partial charge on any atom is -0.265 e. The van der Waals surface area contributed by atoms with Crippen LogP contribution < -0.4 is 0 Å². The first-order valence-electron chi connectivity index (χ1n) is 3.34. The SMILES string of the molecule is ClC1=NC(c2ccncc2)=C1Cl. The monoisotopic (exact) mass is 198 g/mol. The van der Waals surface area contributed by atoms with Gasteiger partial charge in [0, 0.05) is 18.0 Å². The maximum Gasteiger partial charge on any atom is 0.150 e. The minimum atomic E-state index is 0.378. The number of rotatable bonds is 1. The fourth-order valence-electron chi connectivity index (χ4n) is 0.942. The molecule has 4 heteroatoms. The Morgan fingerprint density at radius 2 is 1.75 bits per heavy atom. The third-order valence-corrected chi connectivity index (χ3v) is 2.28. The van der Waals surface area contributed by atoms with Crippen molar-refractivity contribution in [1.82, 2.24) is 4.98 Å². The molecule has 0 atom stereocenters. The van der Waals surface area contributed by atoms with Crippen LogP contribution in [0.1, 0.15) is 5.56 Å². The first-order valence-corrected chi connectivity index (χ1v) is 4.09. The van der Waals surface area contributed by atoms with Crippen molar-refractivity contribution in [2.75, 3.05) is 0 Å². The molecule has 1 aromatic heterocycles. The minimum absolute atomic E-state index is 0.378. The van der Waals surface area contributed by atoms with Crippen molar-refractivity contribution >= 4 is 34.1 Å². The van der Waals surface area contributed by atoms with Gasteiger partial charge in [-0.15, -0.1) is 0 Å². The number of hydrogen-bond acceptors (Lipinski definition) is 2. The van der Waals surface area contributed by atoms with Gasteiger partial charge in [-0.3, -0.25) is 4.98 Å². The van der Waals surface area contributed by atoms with E-state index < -0.39 is 0 Å². The summed E-state index contributed by atoms with van der Waals surface area (Å²) in [6.07, 6.45) is 3.38. The third kappa shape index (κ3) is 1.13. The zero-order valence-corrected chi connectivity index (χ0v) is 7.47. The molecule has 0 N–H and O–H groups in total. The molecule has 0 unspecified atom stereocenters. The van der Waals surface area contributed by atoms with Crippen LogP contribution in [0.2, 0.25) is 0 Å². The molecule has 0 amide bonds.